The van der Waals surface area contributed by atoms with Crippen molar-refractivity contribution in [2.75, 3.05) is 10.7 Å². The predicted octanol–water partition coefficient (Wildman–Crippen LogP) is 4.20. The second-order valence-corrected chi connectivity index (χ2v) is 6.07. The summed E-state index contributed by atoms with van der Waals surface area (Å²) in [6, 6.07) is 7.90. The number of anilines is 2. The fourth-order valence-corrected chi connectivity index (χ4v) is 3.47. The molecule has 0 saturated carbocycles. The lowest BCUT2D eigenvalue weighted by atomic mass is 10.1. The van der Waals surface area contributed by atoms with Gasteiger partial charge in [-0.2, -0.15) is 0 Å². The van der Waals surface area contributed by atoms with Gasteiger partial charge in [-0.25, -0.2) is 4.39 Å². The minimum absolute atomic E-state index is 0.0469. The van der Waals surface area contributed by atoms with Gasteiger partial charge >= 0.3 is 0 Å². The summed E-state index contributed by atoms with van der Waals surface area (Å²) in [5.41, 5.74) is 3.88. The molecule has 0 heterocycles. The molecule has 0 aliphatic rings. The molecule has 0 spiro atoms. The molecule has 0 saturated heterocycles. The van der Waals surface area contributed by atoms with Crippen LogP contribution in [0.25, 0.3) is 0 Å². The summed E-state index contributed by atoms with van der Waals surface area (Å²) in [6.07, 6.45) is 0. The molecule has 1 amide bonds. The molecule has 21 heavy (non-hydrogen) atoms. The van der Waals surface area contributed by atoms with Gasteiger partial charge in [0.1, 0.15) is 5.82 Å². The average molecular weight is 417 g/mol. The van der Waals surface area contributed by atoms with Crippen molar-refractivity contribution in [2.24, 2.45) is 5.84 Å². The van der Waals surface area contributed by atoms with Gasteiger partial charge in [-0.15, -0.1) is 0 Å². The van der Waals surface area contributed by atoms with E-state index in [0.29, 0.717) is 5.69 Å². The first-order valence-corrected chi connectivity index (χ1v) is 7.54. The Hall–Kier alpha value is -1.44. The summed E-state index contributed by atoms with van der Waals surface area (Å²) in [7, 11) is 0. The average Bonchev–Trinajstić information content (AvgIpc) is 2.42. The number of carbonyl (C=O) groups excluding carboxylic acids is 1. The van der Waals surface area contributed by atoms with Crippen LogP contribution < -0.4 is 16.6 Å². The van der Waals surface area contributed by atoms with Crippen LogP contribution in [0.2, 0.25) is 0 Å². The Morgan fingerprint density at radius 2 is 1.81 bits per heavy atom. The highest BCUT2D eigenvalue weighted by Crippen LogP contribution is 2.33. The number of aryl methyl sites for hydroxylation is 1. The first-order valence-electron chi connectivity index (χ1n) is 5.96. The second kappa shape index (κ2) is 6.55. The topological polar surface area (TPSA) is 67.2 Å². The lowest BCUT2D eigenvalue weighted by Gasteiger charge is -2.13. The second-order valence-electron chi connectivity index (χ2n) is 4.36. The van der Waals surface area contributed by atoms with Crippen molar-refractivity contribution in [1.29, 1.82) is 0 Å². The van der Waals surface area contributed by atoms with E-state index >= 15 is 0 Å². The number of amides is 1. The van der Waals surface area contributed by atoms with E-state index in [0.717, 1.165) is 14.5 Å². The van der Waals surface area contributed by atoms with Crippen LogP contribution in [0.15, 0.2) is 39.3 Å². The zero-order chi connectivity index (χ0) is 15.6. The Morgan fingerprint density at radius 1 is 1.19 bits per heavy atom. The number of nitrogens with two attached hydrogens (primary N) is 1. The molecule has 110 valence electrons. The first kappa shape index (κ1) is 15.9. The van der Waals surface area contributed by atoms with Crippen LogP contribution in [0.5, 0.6) is 0 Å². The molecular formula is C14H12Br2FN3O. The van der Waals surface area contributed by atoms with E-state index in [1.165, 1.54) is 18.2 Å². The van der Waals surface area contributed by atoms with E-state index in [2.05, 4.69) is 42.6 Å². The van der Waals surface area contributed by atoms with Crippen molar-refractivity contribution in [2.45, 2.75) is 6.92 Å². The molecule has 7 heteroatoms. The Kier molecular flexibility index (Phi) is 4.97. The molecule has 0 aliphatic carbocycles. The highest BCUT2D eigenvalue weighted by Gasteiger charge is 2.17. The maximum atomic E-state index is 13.6. The van der Waals surface area contributed by atoms with Gasteiger partial charge in [0.25, 0.3) is 5.91 Å². The number of hydrogen-bond acceptors (Lipinski definition) is 3. The van der Waals surface area contributed by atoms with Crippen LogP contribution in [-0.4, -0.2) is 5.91 Å². The monoisotopic (exact) mass is 415 g/mol. The van der Waals surface area contributed by atoms with Crippen LogP contribution in [0.4, 0.5) is 15.8 Å². The lowest BCUT2D eigenvalue weighted by Crippen LogP contribution is -2.18. The third-order valence-corrected chi connectivity index (χ3v) is 4.08. The van der Waals surface area contributed by atoms with Crippen molar-refractivity contribution in [3.63, 3.8) is 0 Å². The third-order valence-electron chi connectivity index (χ3n) is 2.83. The summed E-state index contributed by atoms with van der Waals surface area (Å²) in [6.45, 7) is 1.93. The van der Waals surface area contributed by atoms with Crippen molar-refractivity contribution in [3.8, 4) is 0 Å². The van der Waals surface area contributed by atoms with Gasteiger partial charge in [0.2, 0.25) is 0 Å². The number of carbonyl (C=O) groups is 1. The summed E-state index contributed by atoms with van der Waals surface area (Å²) in [4.78, 5) is 12.3. The van der Waals surface area contributed by atoms with Gasteiger partial charge in [0, 0.05) is 8.95 Å². The number of nitrogen functional groups attached to an aromatic ring is 1. The standard InChI is InChI=1S/C14H12Br2FN3O/c1-7-5-9(15)13(10(16)6-7)19-14(21)8-3-2-4-11(17)12(8)20-18/h2-6,20H,18H2,1H3,(H,19,21). The van der Waals surface area contributed by atoms with E-state index in [1.54, 1.807) is 0 Å². The maximum absolute atomic E-state index is 13.6. The molecule has 0 aromatic heterocycles. The summed E-state index contributed by atoms with van der Waals surface area (Å²) in [5, 5.41) is 2.73. The fourth-order valence-electron chi connectivity index (χ4n) is 1.86. The molecule has 0 atom stereocenters. The number of halogens is 3. The molecule has 2 aromatic rings. The summed E-state index contributed by atoms with van der Waals surface area (Å²) >= 11 is 6.78. The van der Waals surface area contributed by atoms with Crippen molar-refractivity contribution in [1.82, 2.24) is 0 Å². The summed E-state index contributed by atoms with van der Waals surface area (Å²) in [5.74, 6) is 4.22. The SMILES string of the molecule is Cc1cc(Br)c(NC(=O)c2cccc(F)c2NN)c(Br)c1. The molecule has 4 nitrogen and oxygen atoms in total. The zero-order valence-electron chi connectivity index (χ0n) is 11.0. The largest absolute Gasteiger partial charge is 0.321 e. The molecule has 0 radical (unpaired) electrons. The highest BCUT2D eigenvalue weighted by atomic mass is 79.9. The molecule has 4 N–H and O–H groups in total. The van der Waals surface area contributed by atoms with E-state index < -0.39 is 11.7 Å². The number of benzene rings is 2. The molecule has 0 bridgehead atoms. The first-order chi connectivity index (χ1) is 9.93. The molecule has 2 aromatic carbocycles. The number of hydrazine groups is 1. The van der Waals surface area contributed by atoms with E-state index in [4.69, 9.17) is 5.84 Å². The Labute approximate surface area is 138 Å². The molecule has 0 aliphatic heterocycles. The van der Waals surface area contributed by atoms with Crippen LogP contribution >= 0.6 is 31.9 Å². The van der Waals surface area contributed by atoms with Gasteiger partial charge in [-0.05, 0) is 68.6 Å². The summed E-state index contributed by atoms with van der Waals surface area (Å²) < 4.78 is 15.1. The minimum atomic E-state index is -0.591. The van der Waals surface area contributed by atoms with Crippen LogP contribution in [-0.2, 0) is 0 Å². The smallest absolute Gasteiger partial charge is 0.257 e. The Balaban J connectivity index is 2.38. The third kappa shape index (κ3) is 3.42. The predicted molar refractivity (Wildman–Crippen MR) is 88.7 cm³/mol. The van der Waals surface area contributed by atoms with Crippen molar-refractivity contribution in [3.05, 3.63) is 56.2 Å². The number of para-hydroxylation sites is 1. The molecule has 2 rings (SSSR count). The number of rotatable bonds is 3. The number of hydrogen-bond donors (Lipinski definition) is 3. The van der Waals surface area contributed by atoms with Gasteiger partial charge in [0.15, 0.2) is 0 Å². The number of nitrogens with one attached hydrogen (secondary N) is 2. The van der Waals surface area contributed by atoms with Crippen molar-refractivity contribution >= 4 is 49.1 Å². The molecular weight excluding hydrogens is 405 g/mol. The fraction of sp³-hybridized carbons (Fsp3) is 0.0714. The lowest BCUT2D eigenvalue weighted by molar-refractivity contribution is 0.102. The van der Waals surface area contributed by atoms with Gasteiger partial charge in [-0.3, -0.25) is 10.6 Å². The quantitative estimate of drug-likeness (QED) is 0.518. The Morgan fingerprint density at radius 3 is 2.38 bits per heavy atom. The molecule has 0 fully saturated rings. The van der Waals surface area contributed by atoms with Crippen molar-refractivity contribution < 1.29 is 9.18 Å². The Bertz CT molecular complexity index is 684. The van der Waals surface area contributed by atoms with Gasteiger partial charge in [-0.1, -0.05) is 6.07 Å². The van der Waals surface area contributed by atoms with Crippen LogP contribution in [0.1, 0.15) is 15.9 Å². The maximum Gasteiger partial charge on any atom is 0.257 e. The van der Waals surface area contributed by atoms with E-state index in [1.807, 2.05) is 19.1 Å². The van der Waals surface area contributed by atoms with E-state index in [-0.39, 0.29) is 11.3 Å². The molecule has 0 unspecified atom stereocenters. The van der Waals surface area contributed by atoms with Crippen LogP contribution in [0.3, 0.4) is 0 Å². The van der Waals surface area contributed by atoms with E-state index in [9.17, 15) is 9.18 Å². The minimum Gasteiger partial charge on any atom is -0.321 e. The van der Waals surface area contributed by atoms with Gasteiger partial charge in [0.05, 0.1) is 16.9 Å². The van der Waals surface area contributed by atoms with Crippen LogP contribution in [0, 0.1) is 12.7 Å². The highest BCUT2D eigenvalue weighted by molar-refractivity contribution is 9.11. The van der Waals surface area contributed by atoms with Gasteiger partial charge < -0.3 is 10.7 Å². The normalized spacial score (nSPS) is 10.3. The zero-order valence-corrected chi connectivity index (χ0v) is 14.2.